The minimum Gasteiger partial charge on any atom is -0.469 e. The van der Waals surface area contributed by atoms with E-state index in [9.17, 15) is 14.4 Å². The van der Waals surface area contributed by atoms with Crippen LogP contribution in [-0.4, -0.2) is 49.4 Å². The maximum absolute atomic E-state index is 12.3. The number of esters is 1. The molecule has 0 aromatic heterocycles. The fourth-order valence-corrected chi connectivity index (χ4v) is 3.19. The van der Waals surface area contributed by atoms with Crippen molar-refractivity contribution < 1.29 is 19.1 Å². The van der Waals surface area contributed by atoms with Crippen molar-refractivity contribution in [2.75, 3.05) is 26.7 Å². The lowest BCUT2D eigenvalue weighted by Gasteiger charge is -2.31. The molecule has 0 saturated carbocycles. The molecule has 1 heterocycles. The molecular weight excluding hydrogens is 332 g/mol. The molecule has 1 fully saturated rings. The van der Waals surface area contributed by atoms with Gasteiger partial charge in [0.05, 0.1) is 13.0 Å². The van der Waals surface area contributed by atoms with Crippen LogP contribution in [0.4, 0.5) is 0 Å². The molecule has 6 nitrogen and oxygen atoms in total. The largest absolute Gasteiger partial charge is 0.469 e. The first kappa shape index (κ1) is 19.9. The highest BCUT2D eigenvalue weighted by molar-refractivity contribution is 5.94. The molecule has 26 heavy (non-hydrogen) atoms. The van der Waals surface area contributed by atoms with Gasteiger partial charge >= 0.3 is 5.97 Å². The normalized spacial score (nSPS) is 16.8. The van der Waals surface area contributed by atoms with Gasteiger partial charge in [0.15, 0.2) is 0 Å². The zero-order valence-corrected chi connectivity index (χ0v) is 15.4. The number of carbonyl (C=O) groups excluding carboxylic acids is 3. The molecule has 1 aromatic rings. The van der Waals surface area contributed by atoms with Gasteiger partial charge in [-0.2, -0.15) is 0 Å². The van der Waals surface area contributed by atoms with Gasteiger partial charge in [-0.15, -0.1) is 0 Å². The summed E-state index contributed by atoms with van der Waals surface area (Å²) in [6.45, 7) is 1.80. The molecule has 1 atom stereocenters. The van der Waals surface area contributed by atoms with E-state index in [-0.39, 0.29) is 23.7 Å². The van der Waals surface area contributed by atoms with Crippen molar-refractivity contribution in [3.63, 3.8) is 0 Å². The molecule has 1 aliphatic rings. The van der Waals surface area contributed by atoms with E-state index in [4.69, 9.17) is 4.74 Å². The summed E-state index contributed by atoms with van der Waals surface area (Å²) in [6, 6.07) is 9.13. The Hall–Kier alpha value is -2.37. The topological polar surface area (TPSA) is 75.7 Å². The molecule has 142 valence electrons. The van der Waals surface area contributed by atoms with Crippen molar-refractivity contribution in [3.05, 3.63) is 35.9 Å². The third-order valence-electron chi connectivity index (χ3n) is 4.70. The predicted octanol–water partition coefficient (Wildman–Crippen LogP) is 2.39. The molecule has 0 aliphatic carbocycles. The van der Waals surface area contributed by atoms with Crippen LogP contribution < -0.4 is 5.32 Å². The van der Waals surface area contributed by atoms with Crippen molar-refractivity contribution in [1.29, 1.82) is 0 Å². The molecule has 1 saturated heterocycles. The summed E-state index contributed by atoms with van der Waals surface area (Å²) in [5.41, 5.74) is 0.660. The van der Waals surface area contributed by atoms with Crippen molar-refractivity contribution >= 4 is 17.8 Å². The second-order valence-electron chi connectivity index (χ2n) is 6.63. The van der Waals surface area contributed by atoms with Crippen molar-refractivity contribution in [2.45, 2.75) is 38.5 Å². The Morgan fingerprint density at radius 1 is 1.15 bits per heavy atom. The Labute approximate surface area is 154 Å². The van der Waals surface area contributed by atoms with E-state index in [2.05, 4.69) is 5.32 Å². The average molecular weight is 360 g/mol. The average Bonchev–Trinajstić information content (AvgIpc) is 2.70. The SMILES string of the molecule is COC(=O)C1CCCN(C(=O)CCCCCNC(=O)c2ccccc2)C1. The van der Waals surface area contributed by atoms with Gasteiger partial charge in [0, 0.05) is 31.6 Å². The number of likely N-dealkylation sites (tertiary alicyclic amines) is 1. The highest BCUT2D eigenvalue weighted by atomic mass is 16.5. The van der Waals surface area contributed by atoms with Gasteiger partial charge in [-0.05, 0) is 37.8 Å². The lowest BCUT2D eigenvalue weighted by molar-refractivity contribution is -0.149. The van der Waals surface area contributed by atoms with Crippen LogP contribution in [0.5, 0.6) is 0 Å². The summed E-state index contributed by atoms with van der Waals surface area (Å²) in [4.78, 5) is 37.6. The maximum atomic E-state index is 12.3. The number of methoxy groups -OCH3 is 1. The van der Waals surface area contributed by atoms with Crippen LogP contribution in [0.15, 0.2) is 30.3 Å². The Balaban J connectivity index is 1.58. The first-order valence-electron chi connectivity index (χ1n) is 9.30. The quantitative estimate of drug-likeness (QED) is 0.570. The summed E-state index contributed by atoms with van der Waals surface area (Å²) in [5, 5.41) is 2.89. The Kier molecular flexibility index (Phi) is 8.12. The van der Waals surface area contributed by atoms with E-state index in [0.717, 1.165) is 38.6 Å². The minimum atomic E-state index is -0.225. The lowest BCUT2D eigenvalue weighted by atomic mass is 9.98. The van der Waals surface area contributed by atoms with E-state index in [0.29, 0.717) is 25.1 Å². The molecule has 1 aliphatic heterocycles. The van der Waals surface area contributed by atoms with Gasteiger partial charge in [0.2, 0.25) is 5.91 Å². The number of hydrogen-bond donors (Lipinski definition) is 1. The number of carbonyl (C=O) groups is 3. The van der Waals surface area contributed by atoms with Gasteiger partial charge in [0.1, 0.15) is 0 Å². The zero-order valence-electron chi connectivity index (χ0n) is 15.4. The number of nitrogens with one attached hydrogen (secondary N) is 1. The maximum Gasteiger partial charge on any atom is 0.310 e. The summed E-state index contributed by atoms with van der Waals surface area (Å²) in [6.07, 6.45) is 4.64. The molecular formula is C20H28N2O4. The van der Waals surface area contributed by atoms with E-state index < -0.39 is 0 Å². The number of unbranched alkanes of at least 4 members (excludes halogenated alkanes) is 2. The van der Waals surface area contributed by atoms with E-state index >= 15 is 0 Å². The molecule has 1 aromatic carbocycles. The molecule has 6 heteroatoms. The van der Waals surface area contributed by atoms with Gasteiger partial charge in [-0.25, -0.2) is 0 Å². The van der Waals surface area contributed by atoms with Gasteiger partial charge < -0.3 is 15.0 Å². The number of hydrogen-bond acceptors (Lipinski definition) is 4. The second-order valence-corrected chi connectivity index (χ2v) is 6.63. The summed E-state index contributed by atoms with van der Waals surface area (Å²) < 4.78 is 4.78. The fourth-order valence-electron chi connectivity index (χ4n) is 3.19. The predicted molar refractivity (Wildman–Crippen MR) is 98.6 cm³/mol. The fraction of sp³-hybridized carbons (Fsp3) is 0.550. The van der Waals surface area contributed by atoms with E-state index in [1.807, 2.05) is 18.2 Å². The molecule has 0 radical (unpaired) electrons. The van der Waals surface area contributed by atoms with Crippen molar-refractivity contribution in [3.8, 4) is 0 Å². The molecule has 0 spiro atoms. The second kappa shape index (κ2) is 10.6. The standard InChI is InChI=1S/C20H28N2O4/c1-26-20(25)17-11-8-14-22(15-17)18(23)12-6-3-7-13-21-19(24)16-9-4-2-5-10-16/h2,4-5,9-10,17H,3,6-8,11-15H2,1H3,(H,21,24). The number of ether oxygens (including phenoxy) is 1. The first-order valence-corrected chi connectivity index (χ1v) is 9.30. The van der Waals surface area contributed by atoms with Gasteiger partial charge in [0.25, 0.3) is 5.91 Å². The lowest BCUT2D eigenvalue weighted by Crippen LogP contribution is -2.42. The van der Waals surface area contributed by atoms with Crippen LogP contribution in [0.2, 0.25) is 0 Å². The minimum absolute atomic E-state index is 0.0659. The molecule has 2 amide bonds. The van der Waals surface area contributed by atoms with Crippen LogP contribution in [0.25, 0.3) is 0 Å². The number of amides is 2. The Morgan fingerprint density at radius 2 is 1.92 bits per heavy atom. The Bertz CT molecular complexity index is 603. The van der Waals surface area contributed by atoms with Crippen LogP contribution in [0, 0.1) is 5.92 Å². The van der Waals surface area contributed by atoms with Crippen LogP contribution in [-0.2, 0) is 14.3 Å². The smallest absolute Gasteiger partial charge is 0.310 e. The molecule has 1 unspecified atom stereocenters. The van der Waals surface area contributed by atoms with Crippen LogP contribution in [0.1, 0.15) is 48.9 Å². The molecule has 0 bridgehead atoms. The summed E-state index contributed by atoms with van der Waals surface area (Å²) >= 11 is 0. The van der Waals surface area contributed by atoms with Crippen molar-refractivity contribution in [1.82, 2.24) is 10.2 Å². The molecule has 2 rings (SSSR count). The van der Waals surface area contributed by atoms with Crippen molar-refractivity contribution in [2.24, 2.45) is 5.92 Å². The van der Waals surface area contributed by atoms with Gasteiger partial charge in [-0.1, -0.05) is 24.6 Å². The number of piperidine rings is 1. The third-order valence-corrected chi connectivity index (χ3v) is 4.70. The zero-order chi connectivity index (χ0) is 18.8. The van der Waals surface area contributed by atoms with Crippen LogP contribution in [0.3, 0.4) is 0 Å². The van der Waals surface area contributed by atoms with E-state index in [1.165, 1.54) is 7.11 Å². The Morgan fingerprint density at radius 3 is 2.65 bits per heavy atom. The first-order chi connectivity index (χ1) is 12.6. The highest BCUT2D eigenvalue weighted by Crippen LogP contribution is 2.19. The molecule has 1 N–H and O–H groups in total. The van der Waals surface area contributed by atoms with E-state index in [1.54, 1.807) is 17.0 Å². The monoisotopic (exact) mass is 360 g/mol. The number of rotatable bonds is 8. The third kappa shape index (κ3) is 6.17. The highest BCUT2D eigenvalue weighted by Gasteiger charge is 2.28. The summed E-state index contributed by atoms with van der Waals surface area (Å²) in [5.74, 6) is -0.377. The van der Waals surface area contributed by atoms with Crippen LogP contribution >= 0.6 is 0 Å². The number of benzene rings is 1. The number of nitrogens with zero attached hydrogens (tertiary/aromatic N) is 1. The summed E-state index contributed by atoms with van der Waals surface area (Å²) in [7, 11) is 1.39. The van der Waals surface area contributed by atoms with Gasteiger partial charge in [-0.3, -0.25) is 14.4 Å².